The van der Waals surface area contributed by atoms with Gasteiger partial charge in [-0.05, 0) is 49.8 Å². The maximum absolute atomic E-state index is 13.6. The van der Waals surface area contributed by atoms with E-state index >= 15 is 0 Å². The Labute approximate surface area is 155 Å². The molecule has 2 atom stereocenters. The molecule has 4 rings (SSSR count). The van der Waals surface area contributed by atoms with Gasteiger partial charge < -0.3 is 4.90 Å². The van der Waals surface area contributed by atoms with E-state index in [2.05, 4.69) is 27.8 Å². The molecule has 2 fully saturated rings. The van der Waals surface area contributed by atoms with E-state index in [4.69, 9.17) is 0 Å². The van der Waals surface area contributed by atoms with Crippen LogP contribution < -0.4 is 4.72 Å². The zero-order valence-electron chi connectivity index (χ0n) is 15.3. The minimum atomic E-state index is -3.27. The van der Waals surface area contributed by atoms with E-state index in [0.717, 1.165) is 38.8 Å². The van der Waals surface area contributed by atoms with Crippen LogP contribution in [0.2, 0.25) is 0 Å². The van der Waals surface area contributed by atoms with Crippen molar-refractivity contribution in [3.8, 4) is 0 Å². The minimum Gasteiger partial charge on any atom is -0.336 e. The summed E-state index contributed by atoms with van der Waals surface area (Å²) in [5.41, 5.74) is 2.03. The number of benzene rings is 1. The number of carbonyl (C=O) groups is 1. The van der Waals surface area contributed by atoms with Crippen LogP contribution in [0.25, 0.3) is 0 Å². The first-order valence-corrected chi connectivity index (χ1v) is 11.4. The Morgan fingerprint density at radius 3 is 2.73 bits per heavy atom. The molecular weight excluding hydrogens is 350 g/mol. The van der Waals surface area contributed by atoms with Gasteiger partial charge in [-0.1, -0.05) is 24.3 Å². The molecule has 1 amide bonds. The van der Waals surface area contributed by atoms with Crippen molar-refractivity contribution in [2.24, 2.45) is 0 Å². The van der Waals surface area contributed by atoms with Gasteiger partial charge in [-0.3, -0.25) is 9.69 Å². The first-order chi connectivity index (χ1) is 12.4. The SMILES string of the molecule is CS(=O)(=O)N[C@@H]1CN2CCCC[C@@]2(C(=O)N2CCc3ccccc3C2)C1. The summed E-state index contributed by atoms with van der Waals surface area (Å²) in [6.07, 6.45) is 5.59. The number of rotatable bonds is 3. The largest absolute Gasteiger partial charge is 0.336 e. The number of fused-ring (bicyclic) bond motifs is 2. The van der Waals surface area contributed by atoms with Gasteiger partial charge in [0.1, 0.15) is 5.54 Å². The van der Waals surface area contributed by atoms with E-state index in [1.54, 1.807) is 0 Å². The third kappa shape index (κ3) is 3.28. The molecule has 1 aromatic rings. The summed E-state index contributed by atoms with van der Waals surface area (Å²) in [6, 6.07) is 8.15. The number of nitrogens with one attached hydrogen (secondary N) is 1. The van der Waals surface area contributed by atoms with E-state index in [1.165, 1.54) is 17.4 Å². The summed E-state index contributed by atoms with van der Waals surface area (Å²) in [5, 5.41) is 0. The summed E-state index contributed by atoms with van der Waals surface area (Å²) < 4.78 is 26.1. The minimum absolute atomic E-state index is 0.177. The van der Waals surface area contributed by atoms with Crippen molar-refractivity contribution in [2.75, 3.05) is 25.9 Å². The molecule has 0 bridgehead atoms. The van der Waals surface area contributed by atoms with Gasteiger partial charge >= 0.3 is 0 Å². The van der Waals surface area contributed by atoms with Crippen LogP contribution >= 0.6 is 0 Å². The Morgan fingerprint density at radius 2 is 1.96 bits per heavy atom. The van der Waals surface area contributed by atoms with E-state index in [-0.39, 0.29) is 11.9 Å². The van der Waals surface area contributed by atoms with Crippen LogP contribution in [-0.2, 0) is 27.8 Å². The average molecular weight is 378 g/mol. The van der Waals surface area contributed by atoms with Crippen LogP contribution in [0.5, 0.6) is 0 Å². The van der Waals surface area contributed by atoms with Crippen LogP contribution in [-0.4, -0.2) is 61.6 Å². The van der Waals surface area contributed by atoms with Crippen molar-refractivity contribution in [1.82, 2.24) is 14.5 Å². The van der Waals surface area contributed by atoms with Crippen molar-refractivity contribution in [3.63, 3.8) is 0 Å². The zero-order valence-corrected chi connectivity index (χ0v) is 16.1. The molecule has 0 spiro atoms. The van der Waals surface area contributed by atoms with Crippen LogP contribution in [0.15, 0.2) is 24.3 Å². The molecular formula is C19H27N3O3S. The first kappa shape index (κ1) is 17.9. The van der Waals surface area contributed by atoms with E-state index in [0.29, 0.717) is 19.5 Å². The monoisotopic (exact) mass is 377 g/mol. The van der Waals surface area contributed by atoms with E-state index in [1.807, 2.05) is 11.0 Å². The molecule has 0 unspecified atom stereocenters. The molecule has 3 aliphatic rings. The van der Waals surface area contributed by atoms with Crippen LogP contribution in [0.4, 0.5) is 0 Å². The first-order valence-electron chi connectivity index (χ1n) is 9.46. The maximum atomic E-state index is 13.6. The van der Waals surface area contributed by atoms with Gasteiger partial charge in [0.2, 0.25) is 15.9 Å². The highest BCUT2D eigenvalue weighted by molar-refractivity contribution is 7.88. The van der Waals surface area contributed by atoms with E-state index < -0.39 is 15.6 Å². The van der Waals surface area contributed by atoms with Crippen molar-refractivity contribution >= 4 is 15.9 Å². The molecule has 0 aromatic heterocycles. The summed E-state index contributed by atoms with van der Waals surface area (Å²) in [7, 11) is -3.27. The topological polar surface area (TPSA) is 69.7 Å². The lowest BCUT2D eigenvalue weighted by Gasteiger charge is -2.44. The van der Waals surface area contributed by atoms with Gasteiger partial charge in [-0.15, -0.1) is 0 Å². The third-order valence-electron chi connectivity index (χ3n) is 6.10. The van der Waals surface area contributed by atoms with Gasteiger partial charge in [0, 0.05) is 25.7 Å². The fraction of sp³-hybridized carbons (Fsp3) is 0.632. The molecule has 26 heavy (non-hydrogen) atoms. The number of hydrogen-bond donors (Lipinski definition) is 1. The van der Waals surface area contributed by atoms with Gasteiger partial charge in [-0.25, -0.2) is 13.1 Å². The van der Waals surface area contributed by atoms with Crippen molar-refractivity contribution in [2.45, 2.75) is 50.2 Å². The Bertz CT molecular complexity index is 810. The molecule has 6 nitrogen and oxygen atoms in total. The number of piperidine rings is 1. The van der Waals surface area contributed by atoms with Crippen molar-refractivity contribution < 1.29 is 13.2 Å². The fourth-order valence-electron chi connectivity index (χ4n) is 5.00. The predicted molar refractivity (Wildman–Crippen MR) is 100 cm³/mol. The summed E-state index contributed by atoms with van der Waals surface area (Å²) in [6.45, 7) is 2.91. The van der Waals surface area contributed by atoms with Crippen LogP contribution in [0.3, 0.4) is 0 Å². The molecule has 1 N–H and O–H groups in total. The molecule has 0 aliphatic carbocycles. The number of carbonyl (C=O) groups excluding carboxylic acids is 1. The molecule has 0 saturated carbocycles. The van der Waals surface area contributed by atoms with Gasteiger partial charge in [0.25, 0.3) is 0 Å². The summed E-state index contributed by atoms with van der Waals surface area (Å²) in [5.74, 6) is 0.185. The second-order valence-corrected chi connectivity index (χ2v) is 9.75. The van der Waals surface area contributed by atoms with Gasteiger partial charge in [0.05, 0.1) is 6.26 Å². The average Bonchev–Trinajstić information content (AvgIpc) is 2.97. The van der Waals surface area contributed by atoms with Gasteiger partial charge in [0.15, 0.2) is 0 Å². The van der Waals surface area contributed by atoms with Crippen molar-refractivity contribution in [1.29, 1.82) is 0 Å². The standard InChI is InChI=1S/C19H27N3O3S/c1-26(24,25)20-17-12-19(9-4-5-10-22(19)14-17)18(23)21-11-8-15-6-2-3-7-16(15)13-21/h2-3,6-7,17,20H,4-5,8-14H2,1H3/t17-,19-/m0/s1. The molecule has 3 heterocycles. The third-order valence-corrected chi connectivity index (χ3v) is 6.86. The highest BCUT2D eigenvalue weighted by atomic mass is 32.2. The molecule has 0 radical (unpaired) electrons. The quantitative estimate of drug-likeness (QED) is 0.857. The lowest BCUT2D eigenvalue weighted by molar-refractivity contribution is -0.146. The fourth-order valence-corrected chi connectivity index (χ4v) is 5.77. The maximum Gasteiger partial charge on any atom is 0.243 e. The Kier molecular flexibility index (Phi) is 4.57. The summed E-state index contributed by atoms with van der Waals surface area (Å²) in [4.78, 5) is 17.8. The van der Waals surface area contributed by atoms with Crippen LogP contribution in [0.1, 0.15) is 36.8 Å². The lowest BCUT2D eigenvalue weighted by Crippen LogP contribution is -2.59. The molecule has 2 saturated heterocycles. The molecule has 142 valence electrons. The number of sulfonamides is 1. The normalized spacial score (nSPS) is 29.3. The smallest absolute Gasteiger partial charge is 0.243 e. The second kappa shape index (κ2) is 6.62. The highest BCUT2D eigenvalue weighted by Crippen LogP contribution is 2.40. The predicted octanol–water partition coefficient (Wildman–Crippen LogP) is 1.12. The Balaban J connectivity index is 1.57. The van der Waals surface area contributed by atoms with Crippen molar-refractivity contribution in [3.05, 3.63) is 35.4 Å². The summed E-state index contributed by atoms with van der Waals surface area (Å²) >= 11 is 0. The lowest BCUT2D eigenvalue weighted by atomic mass is 9.83. The Hall–Kier alpha value is -1.44. The zero-order chi connectivity index (χ0) is 18.4. The molecule has 1 aromatic carbocycles. The van der Waals surface area contributed by atoms with E-state index in [9.17, 15) is 13.2 Å². The molecule has 7 heteroatoms. The molecule has 3 aliphatic heterocycles. The van der Waals surface area contributed by atoms with Gasteiger partial charge in [-0.2, -0.15) is 0 Å². The Morgan fingerprint density at radius 1 is 1.19 bits per heavy atom. The number of hydrogen-bond acceptors (Lipinski definition) is 4. The number of nitrogens with zero attached hydrogens (tertiary/aromatic N) is 2. The highest BCUT2D eigenvalue weighted by Gasteiger charge is 2.53. The number of amides is 1. The second-order valence-electron chi connectivity index (χ2n) is 7.97. The van der Waals surface area contributed by atoms with Crippen LogP contribution in [0, 0.1) is 0 Å².